The van der Waals surface area contributed by atoms with E-state index in [1.165, 1.54) is 24.2 Å². The lowest BCUT2D eigenvalue weighted by Crippen LogP contribution is -2.24. The maximum absolute atomic E-state index is 4.42. The summed E-state index contributed by atoms with van der Waals surface area (Å²) < 4.78 is 2.39. The van der Waals surface area contributed by atoms with Crippen LogP contribution in [0.3, 0.4) is 0 Å². The summed E-state index contributed by atoms with van der Waals surface area (Å²) in [6.07, 6.45) is 5.90. The quantitative estimate of drug-likeness (QED) is 0.804. The van der Waals surface area contributed by atoms with E-state index in [2.05, 4.69) is 14.9 Å². The average Bonchev–Trinajstić information content (AvgIpc) is 2.86. The summed E-state index contributed by atoms with van der Waals surface area (Å²) in [4.78, 5) is 4.42. The van der Waals surface area contributed by atoms with Crippen molar-refractivity contribution in [3.8, 4) is 0 Å². The van der Waals surface area contributed by atoms with E-state index < -0.39 is 0 Å². The average molecular weight is 236 g/mol. The number of halogens is 2. The molecule has 1 aliphatic heterocycles. The molecule has 1 N–H and O–H groups in total. The number of hydrogen-bond donors (Lipinski definition) is 1. The second-order valence-corrected chi connectivity index (χ2v) is 3.70. The molecule has 2 heterocycles. The third-order valence-corrected chi connectivity index (χ3v) is 2.75. The van der Waals surface area contributed by atoms with E-state index in [4.69, 9.17) is 0 Å². The zero-order valence-corrected chi connectivity index (χ0v) is 9.53. The summed E-state index contributed by atoms with van der Waals surface area (Å²) in [5, 5.41) is 3.34. The molecule has 0 spiro atoms. The molecule has 5 heteroatoms. The van der Waals surface area contributed by atoms with Crippen LogP contribution in [-0.2, 0) is 13.0 Å². The van der Waals surface area contributed by atoms with Crippen molar-refractivity contribution in [3.05, 3.63) is 17.7 Å². The Kier molecular flexibility index (Phi) is 3.81. The molecule has 1 aromatic rings. The van der Waals surface area contributed by atoms with Gasteiger partial charge in [-0.15, -0.1) is 24.8 Å². The molecule has 0 aromatic carbocycles. The number of imidazole rings is 1. The molecule has 0 atom stereocenters. The van der Waals surface area contributed by atoms with Gasteiger partial charge in [0.15, 0.2) is 0 Å². The molecule has 0 bridgehead atoms. The molecule has 1 saturated carbocycles. The predicted molar refractivity (Wildman–Crippen MR) is 60.4 cm³/mol. The van der Waals surface area contributed by atoms with Gasteiger partial charge in [0.1, 0.15) is 0 Å². The number of hydrogen-bond acceptors (Lipinski definition) is 2. The van der Waals surface area contributed by atoms with E-state index in [1.807, 2.05) is 6.33 Å². The smallest absolute Gasteiger partial charge is 0.0954 e. The van der Waals surface area contributed by atoms with Gasteiger partial charge in [-0.1, -0.05) is 0 Å². The van der Waals surface area contributed by atoms with Crippen LogP contribution in [0.1, 0.15) is 30.3 Å². The molecule has 2 aliphatic rings. The Balaban J connectivity index is 0.000000490. The number of fused-ring (bicyclic) bond motifs is 1. The summed E-state index contributed by atoms with van der Waals surface area (Å²) in [6.45, 7) is 2.08. The Labute approximate surface area is 96.1 Å². The van der Waals surface area contributed by atoms with Crippen molar-refractivity contribution in [1.82, 2.24) is 14.9 Å². The fourth-order valence-corrected chi connectivity index (χ4v) is 1.93. The van der Waals surface area contributed by atoms with E-state index in [0.29, 0.717) is 0 Å². The fourth-order valence-electron chi connectivity index (χ4n) is 1.93. The van der Waals surface area contributed by atoms with Gasteiger partial charge in [0.2, 0.25) is 0 Å². The molecular formula is C9H15Cl2N3. The van der Waals surface area contributed by atoms with E-state index in [-0.39, 0.29) is 24.8 Å². The lowest BCUT2D eigenvalue weighted by atomic mass is 10.2. The minimum Gasteiger partial charge on any atom is -0.331 e. The molecule has 0 saturated heterocycles. The topological polar surface area (TPSA) is 29.9 Å². The van der Waals surface area contributed by atoms with Gasteiger partial charge >= 0.3 is 0 Å². The fraction of sp³-hybridized carbons (Fsp3) is 0.667. The molecule has 14 heavy (non-hydrogen) atoms. The monoisotopic (exact) mass is 235 g/mol. The lowest BCUT2D eigenvalue weighted by molar-refractivity contribution is 0.592. The predicted octanol–water partition coefficient (Wildman–Crippen LogP) is 1.71. The van der Waals surface area contributed by atoms with Crippen molar-refractivity contribution in [2.24, 2.45) is 0 Å². The first-order chi connectivity index (χ1) is 5.95. The van der Waals surface area contributed by atoms with E-state index >= 15 is 0 Å². The third-order valence-electron chi connectivity index (χ3n) is 2.75. The molecule has 0 unspecified atom stereocenters. The molecule has 1 aliphatic carbocycles. The first-order valence-electron chi connectivity index (χ1n) is 4.70. The maximum atomic E-state index is 4.42. The van der Waals surface area contributed by atoms with Gasteiger partial charge in [-0.25, -0.2) is 4.98 Å². The summed E-state index contributed by atoms with van der Waals surface area (Å²) in [6, 6.07) is 0.791. The molecule has 0 amide bonds. The van der Waals surface area contributed by atoms with Gasteiger partial charge in [0.25, 0.3) is 0 Å². The van der Waals surface area contributed by atoms with Crippen LogP contribution in [0.2, 0.25) is 0 Å². The number of aromatic nitrogens is 2. The van der Waals surface area contributed by atoms with Crippen molar-refractivity contribution in [2.45, 2.75) is 31.8 Å². The first kappa shape index (κ1) is 11.8. The Morgan fingerprint density at radius 1 is 1.36 bits per heavy atom. The molecule has 3 rings (SSSR count). The van der Waals surface area contributed by atoms with Gasteiger partial charge in [-0.2, -0.15) is 0 Å². The summed E-state index contributed by atoms with van der Waals surface area (Å²) >= 11 is 0. The summed E-state index contributed by atoms with van der Waals surface area (Å²) in [5.74, 6) is 0. The molecule has 3 nitrogen and oxygen atoms in total. The standard InChI is InChI=1S/C9H13N3.2ClH/c1-2-7(1)12-6-11-8-5-10-4-3-9(8)12;;/h6-7,10H,1-5H2;2*1H. The van der Waals surface area contributed by atoms with Crippen LogP contribution in [0.4, 0.5) is 0 Å². The summed E-state index contributed by atoms with van der Waals surface area (Å²) in [7, 11) is 0. The van der Waals surface area contributed by atoms with Crippen LogP contribution in [0.5, 0.6) is 0 Å². The first-order valence-corrected chi connectivity index (χ1v) is 4.70. The second kappa shape index (κ2) is 4.51. The van der Waals surface area contributed by atoms with Gasteiger partial charge in [-0.05, 0) is 12.8 Å². The third kappa shape index (κ3) is 1.90. The zero-order valence-electron chi connectivity index (χ0n) is 7.90. The van der Waals surface area contributed by atoms with Crippen LogP contribution < -0.4 is 5.32 Å². The normalized spacial score (nSPS) is 19.1. The highest BCUT2D eigenvalue weighted by atomic mass is 35.5. The highest BCUT2D eigenvalue weighted by Gasteiger charge is 2.27. The van der Waals surface area contributed by atoms with Crippen molar-refractivity contribution in [3.63, 3.8) is 0 Å². The summed E-state index contributed by atoms with van der Waals surface area (Å²) in [5.41, 5.74) is 2.75. The van der Waals surface area contributed by atoms with Gasteiger partial charge in [0, 0.05) is 31.2 Å². The highest BCUT2D eigenvalue weighted by Crippen LogP contribution is 2.36. The highest BCUT2D eigenvalue weighted by molar-refractivity contribution is 5.85. The second-order valence-electron chi connectivity index (χ2n) is 3.70. The maximum Gasteiger partial charge on any atom is 0.0954 e. The molecule has 1 fully saturated rings. The number of nitrogens with one attached hydrogen (secondary N) is 1. The Morgan fingerprint density at radius 2 is 2.14 bits per heavy atom. The van der Waals surface area contributed by atoms with Crippen LogP contribution in [0, 0.1) is 0 Å². The molecule has 0 radical (unpaired) electrons. The van der Waals surface area contributed by atoms with Crippen LogP contribution in [0.15, 0.2) is 6.33 Å². The van der Waals surface area contributed by atoms with Crippen molar-refractivity contribution in [2.75, 3.05) is 6.54 Å². The molecule has 1 aromatic heterocycles. The lowest BCUT2D eigenvalue weighted by Gasteiger charge is -2.14. The number of nitrogens with zero attached hydrogens (tertiary/aromatic N) is 2. The molecular weight excluding hydrogens is 221 g/mol. The van der Waals surface area contributed by atoms with E-state index in [9.17, 15) is 0 Å². The van der Waals surface area contributed by atoms with Gasteiger partial charge in [0.05, 0.1) is 12.0 Å². The van der Waals surface area contributed by atoms with E-state index in [0.717, 1.165) is 25.6 Å². The Bertz CT molecular complexity index is 307. The Morgan fingerprint density at radius 3 is 2.86 bits per heavy atom. The number of rotatable bonds is 1. The van der Waals surface area contributed by atoms with Crippen LogP contribution >= 0.6 is 24.8 Å². The Hall–Kier alpha value is -0.250. The minimum absolute atomic E-state index is 0. The van der Waals surface area contributed by atoms with Crippen molar-refractivity contribution in [1.29, 1.82) is 0 Å². The SMILES string of the molecule is Cl.Cl.c1nc2c(n1C1CC1)CCNC2. The van der Waals surface area contributed by atoms with E-state index in [1.54, 1.807) is 0 Å². The van der Waals surface area contributed by atoms with Crippen LogP contribution in [0.25, 0.3) is 0 Å². The van der Waals surface area contributed by atoms with Gasteiger partial charge < -0.3 is 9.88 Å². The van der Waals surface area contributed by atoms with Crippen molar-refractivity contribution >= 4 is 24.8 Å². The molecule has 80 valence electrons. The van der Waals surface area contributed by atoms with Crippen molar-refractivity contribution < 1.29 is 0 Å². The van der Waals surface area contributed by atoms with Gasteiger partial charge in [-0.3, -0.25) is 0 Å². The zero-order chi connectivity index (χ0) is 7.97. The largest absolute Gasteiger partial charge is 0.331 e. The minimum atomic E-state index is 0. The van der Waals surface area contributed by atoms with Crippen LogP contribution in [-0.4, -0.2) is 16.1 Å².